The Kier molecular flexibility index (Phi) is 7.36. The van der Waals surface area contributed by atoms with Gasteiger partial charge in [0.25, 0.3) is 5.91 Å². The van der Waals surface area contributed by atoms with Crippen LogP contribution in [0.15, 0.2) is 66.4 Å². The van der Waals surface area contributed by atoms with Gasteiger partial charge in [-0.05, 0) is 49.2 Å². The number of nitrogens with one attached hydrogen (secondary N) is 1. The number of rotatable bonds is 8. The predicted molar refractivity (Wildman–Crippen MR) is 132 cm³/mol. The van der Waals surface area contributed by atoms with Crippen molar-refractivity contribution in [3.63, 3.8) is 0 Å². The summed E-state index contributed by atoms with van der Waals surface area (Å²) in [6.07, 6.45) is 1.50. The summed E-state index contributed by atoms with van der Waals surface area (Å²) in [5.41, 5.74) is 2.95. The second-order valence-electron chi connectivity index (χ2n) is 8.01. The summed E-state index contributed by atoms with van der Waals surface area (Å²) >= 11 is 6.51. The van der Waals surface area contributed by atoms with Crippen LogP contribution in [0.4, 0.5) is 9.18 Å². The number of halogens is 2. The van der Waals surface area contributed by atoms with E-state index >= 15 is 0 Å². The molecule has 1 heterocycles. The molecule has 0 aliphatic carbocycles. The number of amides is 3. The molecule has 4 rings (SSSR count). The summed E-state index contributed by atoms with van der Waals surface area (Å²) in [6, 6.07) is 16.6. The molecule has 1 aliphatic rings. The van der Waals surface area contributed by atoms with Gasteiger partial charge in [0.05, 0.1) is 18.2 Å². The molecule has 8 heteroatoms. The second-order valence-corrected chi connectivity index (χ2v) is 8.42. The average Bonchev–Trinajstić information content (AvgIpc) is 3.07. The number of hydrogen-bond acceptors (Lipinski definition) is 4. The number of hydrogen-bond donors (Lipinski definition) is 1. The summed E-state index contributed by atoms with van der Waals surface area (Å²) in [5.74, 6) is -0.244. The van der Waals surface area contributed by atoms with E-state index in [0.29, 0.717) is 35.3 Å². The Bertz CT molecular complexity index is 1310. The Morgan fingerprint density at radius 3 is 2.60 bits per heavy atom. The number of carbonyl (C=O) groups excluding carboxylic acids is 2. The van der Waals surface area contributed by atoms with Crippen LogP contribution in [0.5, 0.6) is 11.5 Å². The number of urea groups is 1. The van der Waals surface area contributed by atoms with Crippen molar-refractivity contribution >= 4 is 29.6 Å². The number of ether oxygens (including phenoxy) is 2. The van der Waals surface area contributed by atoms with Crippen molar-refractivity contribution in [2.24, 2.45) is 0 Å². The Morgan fingerprint density at radius 2 is 1.86 bits per heavy atom. The van der Waals surface area contributed by atoms with Crippen LogP contribution < -0.4 is 14.8 Å². The molecule has 1 aliphatic heterocycles. The van der Waals surface area contributed by atoms with Crippen LogP contribution in [0.3, 0.4) is 0 Å². The predicted octanol–water partition coefficient (Wildman–Crippen LogP) is 5.86. The maximum Gasteiger partial charge on any atom is 0.329 e. The Morgan fingerprint density at radius 1 is 1.06 bits per heavy atom. The molecule has 0 radical (unpaired) electrons. The number of imide groups is 1. The fraction of sp³-hybridized carbons (Fsp3) is 0.185. The van der Waals surface area contributed by atoms with Crippen molar-refractivity contribution in [2.75, 3.05) is 6.61 Å². The molecule has 0 saturated carbocycles. The molecule has 0 unspecified atom stereocenters. The quantitative estimate of drug-likeness (QED) is 0.314. The lowest BCUT2D eigenvalue weighted by Crippen LogP contribution is -2.30. The maximum atomic E-state index is 14.0. The molecule has 6 nitrogen and oxygen atoms in total. The lowest BCUT2D eigenvalue weighted by molar-refractivity contribution is -0.123. The SMILES string of the molecule is CCOc1cc(/C=C2/NC(=O)N(Cc3ccccc3F)C2=O)cc(Cl)c1OCc1cccc(C)c1. The van der Waals surface area contributed by atoms with Gasteiger partial charge >= 0.3 is 6.03 Å². The first kappa shape index (κ1) is 24.3. The van der Waals surface area contributed by atoms with Crippen molar-refractivity contribution in [1.29, 1.82) is 0 Å². The standard InChI is InChI=1S/C27H24ClFN2O4/c1-3-34-24-14-19(12-21(28)25(24)35-16-18-8-6-7-17(2)11-18)13-23-26(32)31(27(33)30-23)15-20-9-4-5-10-22(20)29/h4-14H,3,15-16H2,1-2H3,(H,30,33)/b23-13+. The van der Waals surface area contributed by atoms with Crippen LogP contribution in [-0.4, -0.2) is 23.4 Å². The molecular formula is C27H24ClFN2O4. The lowest BCUT2D eigenvalue weighted by Gasteiger charge is -2.15. The highest BCUT2D eigenvalue weighted by molar-refractivity contribution is 6.32. The van der Waals surface area contributed by atoms with E-state index in [1.807, 2.05) is 38.1 Å². The van der Waals surface area contributed by atoms with E-state index in [4.69, 9.17) is 21.1 Å². The summed E-state index contributed by atoms with van der Waals surface area (Å²) < 4.78 is 25.7. The summed E-state index contributed by atoms with van der Waals surface area (Å²) in [4.78, 5) is 26.2. The first-order chi connectivity index (χ1) is 16.9. The van der Waals surface area contributed by atoms with Crippen molar-refractivity contribution in [2.45, 2.75) is 27.0 Å². The minimum atomic E-state index is -0.626. The van der Waals surface area contributed by atoms with Gasteiger partial charge in [0.1, 0.15) is 18.1 Å². The molecule has 1 fully saturated rings. The Balaban J connectivity index is 1.56. The number of aryl methyl sites for hydroxylation is 1. The van der Waals surface area contributed by atoms with Gasteiger partial charge in [0.2, 0.25) is 0 Å². The van der Waals surface area contributed by atoms with Crippen molar-refractivity contribution in [3.05, 3.63) is 99.5 Å². The van der Waals surface area contributed by atoms with Crippen molar-refractivity contribution in [3.8, 4) is 11.5 Å². The smallest absolute Gasteiger partial charge is 0.329 e. The Hall–Kier alpha value is -3.84. The van der Waals surface area contributed by atoms with Crippen molar-refractivity contribution in [1.82, 2.24) is 10.2 Å². The number of carbonyl (C=O) groups is 2. The van der Waals surface area contributed by atoms with Crippen molar-refractivity contribution < 1.29 is 23.5 Å². The van der Waals surface area contributed by atoms with E-state index in [1.54, 1.807) is 24.3 Å². The van der Waals surface area contributed by atoms with Crippen LogP contribution in [0, 0.1) is 12.7 Å². The Labute approximate surface area is 207 Å². The molecule has 35 heavy (non-hydrogen) atoms. The van der Waals surface area contributed by atoms with Crippen LogP contribution in [0.1, 0.15) is 29.2 Å². The fourth-order valence-corrected chi connectivity index (χ4v) is 3.98. The normalized spacial score (nSPS) is 14.4. The summed E-state index contributed by atoms with van der Waals surface area (Å²) in [7, 11) is 0. The molecule has 3 aromatic carbocycles. The van der Waals surface area contributed by atoms with E-state index < -0.39 is 17.8 Å². The first-order valence-electron chi connectivity index (χ1n) is 11.1. The third kappa shape index (κ3) is 5.63. The topological polar surface area (TPSA) is 67.9 Å². The third-order valence-corrected chi connectivity index (χ3v) is 5.64. The number of nitrogens with zero attached hydrogens (tertiary/aromatic N) is 1. The van der Waals surface area contributed by atoms with E-state index in [0.717, 1.165) is 16.0 Å². The molecule has 0 atom stereocenters. The van der Waals surface area contributed by atoms with Gasteiger partial charge in [-0.1, -0.05) is 59.6 Å². The third-order valence-electron chi connectivity index (χ3n) is 5.36. The molecule has 1 N–H and O–H groups in total. The zero-order chi connectivity index (χ0) is 24.9. The minimum Gasteiger partial charge on any atom is -0.490 e. The number of benzene rings is 3. The van der Waals surface area contributed by atoms with Gasteiger partial charge in [-0.2, -0.15) is 0 Å². The molecule has 0 spiro atoms. The minimum absolute atomic E-state index is 0.0540. The highest BCUT2D eigenvalue weighted by atomic mass is 35.5. The highest BCUT2D eigenvalue weighted by Crippen LogP contribution is 2.38. The van der Waals surface area contributed by atoms with E-state index in [2.05, 4.69) is 5.32 Å². The van der Waals surface area contributed by atoms with Gasteiger partial charge in [-0.3, -0.25) is 9.69 Å². The monoisotopic (exact) mass is 494 g/mol. The first-order valence-corrected chi connectivity index (χ1v) is 11.5. The molecule has 0 bridgehead atoms. The van der Waals surface area contributed by atoms with E-state index in [9.17, 15) is 14.0 Å². The van der Waals surface area contributed by atoms with E-state index in [1.165, 1.54) is 18.2 Å². The lowest BCUT2D eigenvalue weighted by atomic mass is 10.1. The van der Waals surface area contributed by atoms with Gasteiger partial charge in [-0.25, -0.2) is 9.18 Å². The zero-order valence-electron chi connectivity index (χ0n) is 19.3. The average molecular weight is 495 g/mol. The molecule has 1 saturated heterocycles. The largest absolute Gasteiger partial charge is 0.490 e. The molecule has 3 aromatic rings. The van der Waals surface area contributed by atoms with Gasteiger partial charge in [-0.15, -0.1) is 0 Å². The van der Waals surface area contributed by atoms with E-state index in [-0.39, 0.29) is 17.8 Å². The second kappa shape index (κ2) is 10.6. The van der Waals surface area contributed by atoms with Gasteiger partial charge in [0, 0.05) is 5.56 Å². The molecule has 3 amide bonds. The van der Waals surface area contributed by atoms with Gasteiger partial charge < -0.3 is 14.8 Å². The van der Waals surface area contributed by atoms with Crippen LogP contribution >= 0.6 is 11.6 Å². The van der Waals surface area contributed by atoms with Gasteiger partial charge in [0.15, 0.2) is 11.5 Å². The maximum absolute atomic E-state index is 14.0. The van der Waals surface area contributed by atoms with Crippen LogP contribution in [-0.2, 0) is 17.9 Å². The summed E-state index contributed by atoms with van der Waals surface area (Å²) in [5, 5.41) is 2.84. The summed E-state index contributed by atoms with van der Waals surface area (Å²) in [6.45, 7) is 4.35. The van der Waals surface area contributed by atoms with Crippen LogP contribution in [0.25, 0.3) is 6.08 Å². The van der Waals surface area contributed by atoms with Crippen LogP contribution in [0.2, 0.25) is 5.02 Å². The molecule has 180 valence electrons. The molecule has 0 aromatic heterocycles. The fourth-order valence-electron chi connectivity index (χ4n) is 3.71. The zero-order valence-corrected chi connectivity index (χ0v) is 20.1. The highest BCUT2D eigenvalue weighted by Gasteiger charge is 2.34. The molecular weight excluding hydrogens is 471 g/mol.